The Morgan fingerprint density at radius 1 is 1.40 bits per heavy atom. The molecular formula is C16H24BrNO2. The number of ether oxygens (including phenoxy) is 2. The van der Waals surface area contributed by atoms with Gasteiger partial charge >= 0.3 is 0 Å². The molecule has 1 saturated heterocycles. The van der Waals surface area contributed by atoms with Crippen molar-refractivity contribution in [2.24, 2.45) is 5.92 Å². The van der Waals surface area contributed by atoms with Gasteiger partial charge in [-0.1, -0.05) is 22.9 Å². The first-order chi connectivity index (χ1) is 9.74. The van der Waals surface area contributed by atoms with E-state index < -0.39 is 0 Å². The van der Waals surface area contributed by atoms with Crippen LogP contribution in [0.5, 0.6) is 5.75 Å². The monoisotopic (exact) mass is 341 g/mol. The van der Waals surface area contributed by atoms with Crippen molar-refractivity contribution in [3.63, 3.8) is 0 Å². The molecule has 0 bridgehead atoms. The number of halogens is 1. The zero-order valence-electron chi connectivity index (χ0n) is 12.3. The van der Waals surface area contributed by atoms with Gasteiger partial charge in [-0.15, -0.1) is 0 Å². The van der Waals surface area contributed by atoms with Gasteiger partial charge < -0.3 is 14.8 Å². The van der Waals surface area contributed by atoms with Crippen molar-refractivity contribution in [1.29, 1.82) is 0 Å². The number of methoxy groups -OCH3 is 1. The fourth-order valence-corrected chi connectivity index (χ4v) is 3.32. The standard InChI is InChI=1S/C16H24BrNO2/c1-3-18-16(10-12-6-8-20-9-7-12)14-11-13(19-2)4-5-15(14)17/h4-5,11-12,16,18H,3,6-10H2,1-2H3. The minimum absolute atomic E-state index is 0.368. The van der Waals surface area contributed by atoms with Gasteiger partial charge in [-0.2, -0.15) is 0 Å². The van der Waals surface area contributed by atoms with Crippen LogP contribution in [-0.2, 0) is 4.74 Å². The van der Waals surface area contributed by atoms with Gasteiger partial charge in [0.1, 0.15) is 5.75 Å². The fourth-order valence-electron chi connectivity index (χ4n) is 2.80. The lowest BCUT2D eigenvalue weighted by molar-refractivity contribution is 0.0605. The van der Waals surface area contributed by atoms with E-state index in [2.05, 4.69) is 40.3 Å². The number of benzene rings is 1. The van der Waals surface area contributed by atoms with Crippen LogP contribution in [0.1, 0.15) is 37.8 Å². The van der Waals surface area contributed by atoms with E-state index in [-0.39, 0.29) is 0 Å². The van der Waals surface area contributed by atoms with Crippen molar-refractivity contribution in [2.45, 2.75) is 32.2 Å². The molecule has 1 aliphatic rings. The first-order valence-corrected chi connectivity index (χ1v) is 8.18. The minimum Gasteiger partial charge on any atom is -0.497 e. The lowest BCUT2D eigenvalue weighted by Crippen LogP contribution is -2.26. The van der Waals surface area contributed by atoms with Gasteiger partial charge in [0.15, 0.2) is 0 Å². The van der Waals surface area contributed by atoms with Crippen LogP contribution in [-0.4, -0.2) is 26.9 Å². The molecule has 1 aromatic rings. The summed E-state index contributed by atoms with van der Waals surface area (Å²) in [5.74, 6) is 1.66. The van der Waals surface area contributed by atoms with Crippen LogP contribution in [0.15, 0.2) is 22.7 Å². The number of rotatable bonds is 6. The van der Waals surface area contributed by atoms with E-state index in [1.54, 1.807) is 7.11 Å². The Balaban J connectivity index is 2.13. The maximum Gasteiger partial charge on any atom is 0.119 e. The summed E-state index contributed by atoms with van der Waals surface area (Å²) in [6.45, 7) is 4.94. The van der Waals surface area contributed by atoms with Crippen LogP contribution < -0.4 is 10.1 Å². The van der Waals surface area contributed by atoms with Crippen molar-refractivity contribution in [3.05, 3.63) is 28.2 Å². The quantitative estimate of drug-likeness (QED) is 0.850. The maximum atomic E-state index is 5.46. The Hall–Kier alpha value is -0.580. The van der Waals surface area contributed by atoms with Crippen molar-refractivity contribution in [2.75, 3.05) is 26.9 Å². The largest absolute Gasteiger partial charge is 0.497 e. The highest BCUT2D eigenvalue weighted by molar-refractivity contribution is 9.10. The molecule has 4 heteroatoms. The molecule has 1 aromatic carbocycles. The second-order valence-electron chi connectivity index (χ2n) is 5.29. The van der Waals surface area contributed by atoms with E-state index in [9.17, 15) is 0 Å². The van der Waals surface area contributed by atoms with Crippen molar-refractivity contribution < 1.29 is 9.47 Å². The Morgan fingerprint density at radius 3 is 2.80 bits per heavy atom. The number of hydrogen-bond donors (Lipinski definition) is 1. The third kappa shape index (κ3) is 4.21. The van der Waals surface area contributed by atoms with Gasteiger partial charge in [-0.05, 0) is 55.5 Å². The van der Waals surface area contributed by atoms with Crippen LogP contribution >= 0.6 is 15.9 Å². The Kier molecular flexibility index (Phi) is 6.33. The Morgan fingerprint density at radius 2 is 2.15 bits per heavy atom. The van der Waals surface area contributed by atoms with E-state index in [1.165, 1.54) is 18.4 Å². The normalized spacial score (nSPS) is 17.9. The van der Waals surface area contributed by atoms with E-state index in [1.807, 2.05) is 6.07 Å². The molecule has 1 fully saturated rings. The molecule has 0 aromatic heterocycles. The second kappa shape index (κ2) is 8.01. The molecule has 1 aliphatic heterocycles. The van der Waals surface area contributed by atoms with E-state index >= 15 is 0 Å². The molecule has 0 saturated carbocycles. The molecule has 1 atom stereocenters. The lowest BCUT2D eigenvalue weighted by Gasteiger charge is -2.28. The molecule has 0 amide bonds. The third-order valence-electron chi connectivity index (χ3n) is 3.94. The third-order valence-corrected chi connectivity index (χ3v) is 4.66. The van der Waals surface area contributed by atoms with Crippen LogP contribution in [0.4, 0.5) is 0 Å². The summed E-state index contributed by atoms with van der Waals surface area (Å²) < 4.78 is 12.0. The molecule has 1 N–H and O–H groups in total. The highest BCUT2D eigenvalue weighted by Gasteiger charge is 2.21. The van der Waals surface area contributed by atoms with Gasteiger partial charge in [-0.3, -0.25) is 0 Å². The molecular weight excluding hydrogens is 318 g/mol. The predicted octanol–water partition coefficient (Wildman–Crippen LogP) is 3.93. The van der Waals surface area contributed by atoms with Crippen LogP contribution in [0.25, 0.3) is 0 Å². The highest BCUT2D eigenvalue weighted by Crippen LogP contribution is 2.33. The number of hydrogen-bond acceptors (Lipinski definition) is 3. The first-order valence-electron chi connectivity index (χ1n) is 7.39. The summed E-state index contributed by atoms with van der Waals surface area (Å²) in [6.07, 6.45) is 3.50. The number of nitrogens with one attached hydrogen (secondary N) is 1. The Labute approximate surface area is 130 Å². The zero-order valence-corrected chi connectivity index (χ0v) is 13.9. The molecule has 0 radical (unpaired) electrons. The highest BCUT2D eigenvalue weighted by atomic mass is 79.9. The summed E-state index contributed by atoms with van der Waals surface area (Å²) in [7, 11) is 1.72. The summed E-state index contributed by atoms with van der Waals surface area (Å²) in [4.78, 5) is 0. The van der Waals surface area contributed by atoms with Crippen LogP contribution in [0.2, 0.25) is 0 Å². The van der Waals surface area contributed by atoms with Gasteiger partial charge in [0, 0.05) is 23.7 Å². The molecule has 0 spiro atoms. The summed E-state index contributed by atoms with van der Waals surface area (Å²) >= 11 is 3.67. The summed E-state index contributed by atoms with van der Waals surface area (Å²) in [6, 6.07) is 6.57. The minimum atomic E-state index is 0.368. The van der Waals surface area contributed by atoms with Gasteiger partial charge in [0.2, 0.25) is 0 Å². The smallest absolute Gasteiger partial charge is 0.119 e. The SMILES string of the molecule is CCNC(CC1CCOCC1)c1cc(OC)ccc1Br. The topological polar surface area (TPSA) is 30.5 Å². The fraction of sp³-hybridized carbons (Fsp3) is 0.625. The van der Waals surface area contributed by atoms with Crippen LogP contribution in [0.3, 0.4) is 0 Å². The molecule has 112 valence electrons. The molecule has 1 heterocycles. The lowest BCUT2D eigenvalue weighted by atomic mass is 9.89. The summed E-state index contributed by atoms with van der Waals surface area (Å²) in [5, 5.41) is 3.61. The predicted molar refractivity (Wildman–Crippen MR) is 85.3 cm³/mol. The van der Waals surface area contributed by atoms with E-state index in [0.29, 0.717) is 6.04 Å². The average molecular weight is 342 g/mol. The van der Waals surface area contributed by atoms with Crippen molar-refractivity contribution in [3.8, 4) is 5.75 Å². The zero-order chi connectivity index (χ0) is 14.4. The molecule has 0 aliphatic carbocycles. The van der Waals surface area contributed by atoms with Gasteiger partial charge in [0.25, 0.3) is 0 Å². The molecule has 20 heavy (non-hydrogen) atoms. The van der Waals surface area contributed by atoms with Crippen molar-refractivity contribution in [1.82, 2.24) is 5.32 Å². The maximum absolute atomic E-state index is 5.46. The second-order valence-corrected chi connectivity index (χ2v) is 6.14. The van der Waals surface area contributed by atoms with Gasteiger partial charge in [0.05, 0.1) is 7.11 Å². The molecule has 2 rings (SSSR count). The van der Waals surface area contributed by atoms with Crippen molar-refractivity contribution >= 4 is 15.9 Å². The Bertz CT molecular complexity index is 419. The van der Waals surface area contributed by atoms with E-state index in [4.69, 9.17) is 9.47 Å². The average Bonchev–Trinajstić information content (AvgIpc) is 2.48. The van der Waals surface area contributed by atoms with Crippen LogP contribution in [0, 0.1) is 5.92 Å². The molecule has 1 unspecified atom stereocenters. The summed E-state index contributed by atoms with van der Waals surface area (Å²) in [5.41, 5.74) is 1.29. The van der Waals surface area contributed by atoms with E-state index in [0.717, 1.165) is 42.3 Å². The van der Waals surface area contributed by atoms with Gasteiger partial charge in [-0.25, -0.2) is 0 Å². The molecule has 3 nitrogen and oxygen atoms in total. The first kappa shape index (κ1) is 15.8.